The van der Waals surface area contributed by atoms with Gasteiger partial charge in [0.1, 0.15) is 0 Å². The van der Waals surface area contributed by atoms with Crippen molar-refractivity contribution in [2.75, 3.05) is 0 Å². The molecule has 1 atom stereocenters. The van der Waals surface area contributed by atoms with Crippen molar-refractivity contribution in [1.29, 1.82) is 0 Å². The molecule has 5 heteroatoms. The lowest BCUT2D eigenvalue weighted by atomic mass is 10.2. The van der Waals surface area contributed by atoms with Crippen molar-refractivity contribution in [3.05, 3.63) is 17.0 Å². The van der Waals surface area contributed by atoms with Crippen LogP contribution in [0.3, 0.4) is 0 Å². The Morgan fingerprint density at radius 3 is 2.75 bits per heavy atom. The van der Waals surface area contributed by atoms with E-state index in [-0.39, 0.29) is 0 Å². The van der Waals surface area contributed by atoms with Gasteiger partial charge in [-0.2, -0.15) is 0 Å². The maximum Gasteiger partial charge on any atom is 0.227 e. The molecule has 66 valence electrons. The van der Waals surface area contributed by atoms with Gasteiger partial charge in [-0.15, -0.1) is 5.14 Å². The lowest BCUT2D eigenvalue weighted by molar-refractivity contribution is 0.152. The standard InChI is InChI=1S/C7H9NO2S2/c8-12(10)6-3-5(4-11-6)7(9)1-2-7/h3-4,9H,1-2,8H2. The van der Waals surface area contributed by atoms with Gasteiger partial charge in [0.05, 0.1) is 17.0 Å². The second kappa shape index (κ2) is 2.71. The van der Waals surface area contributed by atoms with Crippen LogP contribution in [0.2, 0.25) is 0 Å². The number of aliphatic hydroxyl groups is 1. The highest BCUT2D eigenvalue weighted by Crippen LogP contribution is 2.46. The fourth-order valence-electron chi connectivity index (χ4n) is 1.07. The van der Waals surface area contributed by atoms with E-state index >= 15 is 0 Å². The molecule has 0 bridgehead atoms. The Morgan fingerprint density at radius 2 is 2.33 bits per heavy atom. The summed E-state index contributed by atoms with van der Waals surface area (Å²) in [5.41, 5.74) is 0.231. The summed E-state index contributed by atoms with van der Waals surface area (Å²) in [4.78, 5) is 0. The van der Waals surface area contributed by atoms with E-state index in [1.54, 1.807) is 6.07 Å². The minimum absolute atomic E-state index is 0.630. The summed E-state index contributed by atoms with van der Waals surface area (Å²) >= 11 is -0.0684. The summed E-state index contributed by atoms with van der Waals surface area (Å²) in [6, 6.07) is 1.73. The molecule has 1 unspecified atom stereocenters. The van der Waals surface area contributed by atoms with Gasteiger partial charge in [-0.1, -0.05) is 11.3 Å². The molecular weight excluding hydrogens is 194 g/mol. The molecule has 12 heavy (non-hydrogen) atoms. The smallest absolute Gasteiger partial charge is 0.227 e. The van der Waals surface area contributed by atoms with Crippen LogP contribution in [-0.2, 0) is 17.0 Å². The van der Waals surface area contributed by atoms with E-state index < -0.39 is 17.0 Å². The van der Waals surface area contributed by atoms with Crippen LogP contribution in [0.4, 0.5) is 0 Å². The average Bonchev–Trinajstić information content (AvgIpc) is 2.61. The third kappa shape index (κ3) is 1.38. The Morgan fingerprint density at radius 1 is 1.67 bits per heavy atom. The lowest BCUT2D eigenvalue weighted by Gasteiger charge is -2.01. The van der Waals surface area contributed by atoms with E-state index in [2.05, 4.69) is 0 Å². The van der Waals surface area contributed by atoms with E-state index in [4.69, 9.17) is 5.14 Å². The molecule has 1 aliphatic carbocycles. The molecule has 1 aliphatic rings. The van der Waals surface area contributed by atoms with Crippen molar-refractivity contribution in [1.82, 2.24) is 0 Å². The number of nitrogens with two attached hydrogens (primary N) is 1. The minimum Gasteiger partial charge on any atom is -0.592 e. The van der Waals surface area contributed by atoms with Gasteiger partial charge in [0.2, 0.25) is 4.21 Å². The van der Waals surface area contributed by atoms with Crippen molar-refractivity contribution in [3.8, 4) is 0 Å². The van der Waals surface area contributed by atoms with Crippen LogP contribution >= 0.6 is 11.3 Å². The molecular formula is C7H9NO2S2. The van der Waals surface area contributed by atoms with Crippen molar-refractivity contribution in [2.45, 2.75) is 22.7 Å². The quantitative estimate of drug-likeness (QED) is 0.695. The monoisotopic (exact) mass is 203 g/mol. The Kier molecular flexibility index (Phi) is 1.93. The fourth-order valence-corrected chi connectivity index (χ4v) is 2.57. The zero-order valence-electron chi connectivity index (χ0n) is 6.32. The van der Waals surface area contributed by atoms with Gasteiger partial charge in [-0.25, -0.2) is 0 Å². The molecule has 0 radical (unpaired) electrons. The van der Waals surface area contributed by atoms with Gasteiger partial charge < -0.3 is 9.66 Å². The third-order valence-corrected chi connectivity index (χ3v) is 4.05. The second-order valence-electron chi connectivity index (χ2n) is 2.98. The summed E-state index contributed by atoms with van der Waals surface area (Å²) in [7, 11) is 0. The third-order valence-electron chi connectivity index (χ3n) is 2.03. The first-order valence-electron chi connectivity index (χ1n) is 3.59. The summed E-state index contributed by atoms with van der Waals surface area (Å²) in [5.74, 6) is 0. The molecule has 1 heterocycles. The maximum atomic E-state index is 10.8. The zero-order valence-corrected chi connectivity index (χ0v) is 7.95. The average molecular weight is 203 g/mol. The van der Waals surface area contributed by atoms with E-state index in [1.165, 1.54) is 11.3 Å². The first kappa shape index (κ1) is 8.52. The van der Waals surface area contributed by atoms with E-state index in [0.717, 1.165) is 18.4 Å². The molecule has 3 nitrogen and oxygen atoms in total. The molecule has 1 saturated carbocycles. The van der Waals surface area contributed by atoms with Gasteiger partial charge in [0.25, 0.3) is 0 Å². The van der Waals surface area contributed by atoms with Gasteiger partial charge >= 0.3 is 0 Å². The van der Waals surface area contributed by atoms with Crippen molar-refractivity contribution in [2.24, 2.45) is 5.14 Å². The molecule has 1 fully saturated rings. The highest BCUT2D eigenvalue weighted by atomic mass is 32.2. The van der Waals surface area contributed by atoms with Gasteiger partial charge in [-0.3, -0.25) is 0 Å². The van der Waals surface area contributed by atoms with Crippen LogP contribution in [0.1, 0.15) is 18.4 Å². The van der Waals surface area contributed by atoms with Crippen LogP contribution in [-0.4, -0.2) is 9.66 Å². The van der Waals surface area contributed by atoms with Crippen LogP contribution in [0.25, 0.3) is 0 Å². The topological polar surface area (TPSA) is 69.3 Å². The van der Waals surface area contributed by atoms with Crippen LogP contribution < -0.4 is 5.14 Å². The number of rotatable bonds is 2. The summed E-state index contributed by atoms with van der Waals surface area (Å²) < 4.78 is 11.5. The summed E-state index contributed by atoms with van der Waals surface area (Å²) in [5, 5.41) is 16.7. The molecule has 0 aliphatic heterocycles. The molecule has 0 aromatic carbocycles. The molecule has 1 aromatic heterocycles. The van der Waals surface area contributed by atoms with Gasteiger partial charge in [-0.05, 0) is 18.4 Å². The molecule has 0 spiro atoms. The van der Waals surface area contributed by atoms with Crippen molar-refractivity contribution < 1.29 is 9.66 Å². The fraction of sp³-hybridized carbons (Fsp3) is 0.429. The number of hydrogen-bond donors (Lipinski definition) is 2. The lowest BCUT2D eigenvalue weighted by Crippen LogP contribution is -2.10. The highest BCUT2D eigenvalue weighted by molar-refractivity contribution is 7.91. The predicted octanol–water partition coefficient (Wildman–Crippen LogP) is 0.711. The van der Waals surface area contributed by atoms with Crippen LogP contribution in [0, 0.1) is 0 Å². The Labute approximate surface area is 77.5 Å². The van der Waals surface area contributed by atoms with Crippen LogP contribution in [0.15, 0.2) is 15.7 Å². The first-order valence-corrected chi connectivity index (χ1v) is 5.69. The SMILES string of the molecule is N[S+]([O-])c1cc(C2(O)CC2)cs1. The van der Waals surface area contributed by atoms with E-state index in [1.807, 2.05) is 5.38 Å². The molecule has 0 saturated heterocycles. The second-order valence-corrected chi connectivity index (χ2v) is 5.19. The normalized spacial score (nSPS) is 22.2. The van der Waals surface area contributed by atoms with E-state index in [0.29, 0.717) is 4.21 Å². The molecule has 0 amide bonds. The Hall–Kier alpha value is -0.0700. The minimum atomic E-state index is -1.41. The summed E-state index contributed by atoms with van der Waals surface area (Å²) in [6.45, 7) is 0. The van der Waals surface area contributed by atoms with Crippen molar-refractivity contribution >= 4 is 22.7 Å². The highest BCUT2D eigenvalue weighted by Gasteiger charge is 2.43. The first-order chi connectivity index (χ1) is 5.62. The van der Waals surface area contributed by atoms with Crippen molar-refractivity contribution in [3.63, 3.8) is 0 Å². The Balaban J connectivity index is 2.25. The predicted molar refractivity (Wildman–Crippen MR) is 48.0 cm³/mol. The molecule has 1 aromatic rings. The van der Waals surface area contributed by atoms with Crippen LogP contribution in [0.5, 0.6) is 0 Å². The molecule has 3 N–H and O–H groups in total. The van der Waals surface area contributed by atoms with Gasteiger partial charge in [0.15, 0.2) is 0 Å². The largest absolute Gasteiger partial charge is 0.592 e. The number of thiophene rings is 1. The zero-order chi connectivity index (χ0) is 8.77. The van der Waals surface area contributed by atoms with Gasteiger partial charge in [0, 0.05) is 11.4 Å². The Bertz CT molecular complexity index is 293. The maximum absolute atomic E-state index is 10.8. The molecule has 2 rings (SSSR count). The summed E-state index contributed by atoms with van der Waals surface area (Å²) in [6.07, 6.45) is 1.61. The number of hydrogen-bond acceptors (Lipinski definition) is 4. The van der Waals surface area contributed by atoms with E-state index in [9.17, 15) is 9.66 Å².